The van der Waals surface area contributed by atoms with Crippen LogP contribution < -0.4 is 4.72 Å². The summed E-state index contributed by atoms with van der Waals surface area (Å²) in [5.74, 6) is -0.432. The lowest BCUT2D eigenvalue weighted by atomic mass is 9.97. The predicted octanol–water partition coefficient (Wildman–Crippen LogP) is 3.32. The molecule has 0 aromatic heterocycles. The Labute approximate surface area is 155 Å². The maximum Gasteiger partial charge on any atom is 0.243 e. The van der Waals surface area contributed by atoms with Gasteiger partial charge in [0.2, 0.25) is 10.0 Å². The van der Waals surface area contributed by atoms with E-state index in [4.69, 9.17) is 0 Å². The van der Waals surface area contributed by atoms with Crippen LogP contribution in [-0.2, 0) is 16.6 Å². The standard InChI is InChI=1S/C20H25FN2O2S/c1-16-6-8-18(9-7-16)15-23-12-10-17(11-13-23)14-22-26(24,25)20-5-3-2-4-19(20)21/h2-9,17,22H,10-15H2,1H3. The molecule has 1 aliphatic rings. The number of rotatable bonds is 6. The SMILES string of the molecule is Cc1ccc(CN2CCC(CNS(=O)(=O)c3ccccc3F)CC2)cc1. The topological polar surface area (TPSA) is 49.4 Å². The van der Waals surface area contributed by atoms with Crippen LogP contribution in [0.1, 0.15) is 24.0 Å². The first-order chi connectivity index (χ1) is 12.4. The third-order valence-corrected chi connectivity index (χ3v) is 6.38. The van der Waals surface area contributed by atoms with Gasteiger partial charge < -0.3 is 0 Å². The Morgan fingerprint density at radius 3 is 2.38 bits per heavy atom. The number of benzene rings is 2. The average Bonchev–Trinajstić information content (AvgIpc) is 2.63. The van der Waals surface area contributed by atoms with Crippen molar-refractivity contribution in [3.05, 3.63) is 65.5 Å². The molecule has 0 atom stereocenters. The lowest BCUT2D eigenvalue weighted by molar-refractivity contribution is 0.178. The monoisotopic (exact) mass is 376 g/mol. The summed E-state index contributed by atoms with van der Waals surface area (Å²) < 4.78 is 40.8. The zero-order valence-corrected chi connectivity index (χ0v) is 15.8. The van der Waals surface area contributed by atoms with E-state index in [-0.39, 0.29) is 10.8 Å². The Morgan fingerprint density at radius 1 is 1.08 bits per heavy atom. The van der Waals surface area contributed by atoms with Crippen LogP contribution in [0.15, 0.2) is 53.4 Å². The van der Waals surface area contributed by atoms with Gasteiger partial charge in [0.1, 0.15) is 10.7 Å². The molecule has 0 unspecified atom stereocenters. The summed E-state index contributed by atoms with van der Waals surface area (Å²) in [5.41, 5.74) is 2.56. The van der Waals surface area contributed by atoms with Crippen LogP contribution >= 0.6 is 0 Å². The highest BCUT2D eigenvalue weighted by atomic mass is 32.2. The van der Waals surface area contributed by atoms with Gasteiger partial charge in [-0.2, -0.15) is 0 Å². The minimum Gasteiger partial charge on any atom is -0.299 e. The second-order valence-electron chi connectivity index (χ2n) is 6.99. The second kappa shape index (κ2) is 8.29. The van der Waals surface area contributed by atoms with E-state index in [1.165, 1.54) is 29.3 Å². The molecule has 0 aliphatic carbocycles. The first-order valence-electron chi connectivity index (χ1n) is 8.96. The van der Waals surface area contributed by atoms with Crippen molar-refractivity contribution in [2.45, 2.75) is 31.2 Å². The molecule has 1 saturated heterocycles. The number of likely N-dealkylation sites (tertiary alicyclic amines) is 1. The minimum atomic E-state index is -3.80. The number of hydrogen-bond acceptors (Lipinski definition) is 3. The summed E-state index contributed by atoms with van der Waals surface area (Å²) in [6.07, 6.45) is 1.87. The van der Waals surface area contributed by atoms with E-state index in [9.17, 15) is 12.8 Å². The molecule has 1 N–H and O–H groups in total. The van der Waals surface area contributed by atoms with E-state index in [0.717, 1.165) is 38.5 Å². The first-order valence-corrected chi connectivity index (χ1v) is 10.4. The van der Waals surface area contributed by atoms with Gasteiger partial charge in [-0.1, -0.05) is 42.0 Å². The van der Waals surface area contributed by atoms with Gasteiger partial charge in [-0.25, -0.2) is 17.5 Å². The Kier molecular flexibility index (Phi) is 6.06. The van der Waals surface area contributed by atoms with Crippen molar-refractivity contribution in [1.82, 2.24) is 9.62 Å². The molecule has 4 nitrogen and oxygen atoms in total. The van der Waals surface area contributed by atoms with Gasteiger partial charge in [-0.15, -0.1) is 0 Å². The summed E-state index contributed by atoms with van der Waals surface area (Å²) in [5, 5.41) is 0. The van der Waals surface area contributed by atoms with Crippen LogP contribution in [0.2, 0.25) is 0 Å². The number of halogens is 1. The molecule has 140 valence electrons. The molecule has 26 heavy (non-hydrogen) atoms. The highest BCUT2D eigenvalue weighted by Crippen LogP contribution is 2.20. The number of sulfonamides is 1. The van der Waals surface area contributed by atoms with E-state index in [1.54, 1.807) is 0 Å². The average molecular weight is 376 g/mol. The summed E-state index contributed by atoms with van der Waals surface area (Å²) >= 11 is 0. The predicted molar refractivity (Wildman–Crippen MR) is 101 cm³/mol. The third kappa shape index (κ3) is 4.90. The number of hydrogen-bond donors (Lipinski definition) is 1. The fourth-order valence-electron chi connectivity index (χ4n) is 3.27. The molecule has 0 radical (unpaired) electrons. The molecular weight excluding hydrogens is 351 g/mol. The van der Waals surface area contributed by atoms with Crippen LogP contribution in [0.25, 0.3) is 0 Å². The maximum atomic E-state index is 13.7. The van der Waals surface area contributed by atoms with Gasteiger partial charge in [-0.3, -0.25) is 4.90 Å². The quantitative estimate of drug-likeness (QED) is 0.841. The van der Waals surface area contributed by atoms with E-state index >= 15 is 0 Å². The Bertz CT molecular complexity index is 829. The highest BCUT2D eigenvalue weighted by Gasteiger charge is 2.23. The van der Waals surface area contributed by atoms with Crippen LogP contribution in [0.5, 0.6) is 0 Å². The van der Waals surface area contributed by atoms with Gasteiger partial charge in [0, 0.05) is 13.1 Å². The van der Waals surface area contributed by atoms with Gasteiger partial charge in [-0.05, 0) is 56.5 Å². The summed E-state index contributed by atoms with van der Waals surface area (Å²) in [7, 11) is -3.80. The lowest BCUT2D eigenvalue weighted by Gasteiger charge is -2.32. The molecule has 0 amide bonds. The van der Waals surface area contributed by atoms with Crippen molar-refractivity contribution in [2.24, 2.45) is 5.92 Å². The molecule has 0 bridgehead atoms. The summed E-state index contributed by atoms with van der Waals surface area (Å²) in [4.78, 5) is 2.11. The van der Waals surface area contributed by atoms with Crippen LogP contribution in [0.3, 0.4) is 0 Å². The van der Waals surface area contributed by atoms with Gasteiger partial charge in [0.15, 0.2) is 0 Å². The normalized spacial score (nSPS) is 16.7. The van der Waals surface area contributed by atoms with Gasteiger partial charge in [0.25, 0.3) is 0 Å². The Morgan fingerprint density at radius 2 is 1.73 bits per heavy atom. The second-order valence-corrected chi connectivity index (χ2v) is 8.72. The van der Waals surface area contributed by atoms with Crippen LogP contribution in [-0.4, -0.2) is 33.0 Å². The summed E-state index contributed by atoms with van der Waals surface area (Å²) in [6.45, 7) is 5.25. The smallest absolute Gasteiger partial charge is 0.243 e. The number of aryl methyl sites for hydroxylation is 1. The Balaban J connectivity index is 1.48. The first kappa shape index (κ1) is 19.0. The van der Waals surface area contributed by atoms with E-state index in [0.29, 0.717) is 6.54 Å². The van der Waals surface area contributed by atoms with Crippen molar-refractivity contribution in [2.75, 3.05) is 19.6 Å². The van der Waals surface area contributed by atoms with Crippen LogP contribution in [0, 0.1) is 18.7 Å². The van der Waals surface area contributed by atoms with E-state index in [1.807, 2.05) is 0 Å². The molecule has 6 heteroatoms. The number of piperidine rings is 1. The fraction of sp³-hybridized carbons (Fsp3) is 0.400. The summed E-state index contributed by atoms with van der Waals surface area (Å²) in [6, 6.07) is 14.0. The molecule has 0 saturated carbocycles. The number of nitrogens with zero attached hydrogens (tertiary/aromatic N) is 1. The van der Waals surface area contributed by atoms with Crippen molar-refractivity contribution in [3.63, 3.8) is 0 Å². The van der Waals surface area contributed by atoms with Crippen molar-refractivity contribution >= 4 is 10.0 Å². The zero-order valence-electron chi connectivity index (χ0n) is 15.0. The molecule has 2 aromatic rings. The molecular formula is C20H25FN2O2S. The molecule has 1 fully saturated rings. The van der Waals surface area contributed by atoms with Gasteiger partial charge >= 0.3 is 0 Å². The van der Waals surface area contributed by atoms with Crippen LogP contribution in [0.4, 0.5) is 4.39 Å². The fourth-order valence-corrected chi connectivity index (χ4v) is 4.46. The molecule has 3 rings (SSSR count). The maximum absolute atomic E-state index is 13.7. The van der Waals surface area contributed by atoms with E-state index < -0.39 is 15.8 Å². The van der Waals surface area contributed by atoms with Crippen molar-refractivity contribution in [3.8, 4) is 0 Å². The Hall–Kier alpha value is -1.76. The largest absolute Gasteiger partial charge is 0.299 e. The van der Waals surface area contributed by atoms with Crippen molar-refractivity contribution < 1.29 is 12.8 Å². The third-order valence-electron chi connectivity index (χ3n) is 4.92. The van der Waals surface area contributed by atoms with Crippen molar-refractivity contribution in [1.29, 1.82) is 0 Å². The highest BCUT2D eigenvalue weighted by molar-refractivity contribution is 7.89. The molecule has 1 heterocycles. The van der Waals surface area contributed by atoms with Gasteiger partial charge in [0.05, 0.1) is 0 Å². The number of nitrogens with one attached hydrogen (secondary N) is 1. The molecule has 0 spiro atoms. The zero-order chi connectivity index (χ0) is 18.6. The van der Waals surface area contributed by atoms with E-state index in [2.05, 4.69) is 40.8 Å². The minimum absolute atomic E-state index is 0.281. The molecule has 1 aliphatic heterocycles. The molecule has 2 aromatic carbocycles. The lowest BCUT2D eigenvalue weighted by Crippen LogP contribution is -2.38.